The van der Waals surface area contributed by atoms with Crippen molar-refractivity contribution in [3.05, 3.63) is 45.8 Å². The zero-order valence-electron chi connectivity index (χ0n) is 13.8. The molecule has 0 aromatic carbocycles. The summed E-state index contributed by atoms with van der Waals surface area (Å²) in [4.78, 5) is 23.7. The quantitative estimate of drug-likeness (QED) is 0.719. The minimum absolute atomic E-state index is 0.0150. The van der Waals surface area contributed by atoms with Crippen molar-refractivity contribution in [1.82, 2.24) is 24.5 Å². The SMILES string of the molecule is Cc1cc(C)n2nc(C(=O)N3CCCC(c4nccs4)C3)cc2n1. The Kier molecular flexibility index (Phi) is 3.80. The maximum absolute atomic E-state index is 12.9. The van der Waals surface area contributed by atoms with Crippen molar-refractivity contribution in [2.75, 3.05) is 13.1 Å². The first-order valence-electron chi connectivity index (χ1n) is 8.14. The number of carbonyl (C=O) groups is 1. The molecule has 1 amide bonds. The first-order valence-corrected chi connectivity index (χ1v) is 9.02. The Morgan fingerprint density at radius 3 is 3.00 bits per heavy atom. The molecule has 4 heterocycles. The fourth-order valence-corrected chi connectivity index (χ4v) is 4.12. The molecule has 0 spiro atoms. The highest BCUT2D eigenvalue weighted by atomic mass is 32.1. The van der Waals surface area contributed by atoms with Crippen LogP contribution in [0.1, 0.15) is 45.6 Å². The minimum Gasteiger partial charge on any atom is -0.337 e. The van der Waals surface area contributed by atoms with E-state index in [2.05, 4.69) is 15.1 Å². The van der Waals surface area contributed by atoms with Gasteiger partial charge in [-0.15, -0.1) is 11.3 Å². The molecule has 0 N–H and O–H groups in total. The molecule has 3 aromatic rings. The van der Waals surface area contributed by atoms with Gasteiger partial charge in [0.2, 0.25) is 0 Å². The molecule has 0 saturated carbocycles. The molecule has 1 aliphatic heterocycles. The summed E-state index contributed by atoms with van der Waals surface area (Å²) in [7, 11) is 0. The van der Waals surface area contributed by atoms with Gasteiger partial charge < -0.3 is 4.90 Å². The lowest BCUT2D eigenvalue weighted by molar-refractivity contribution is 0.0700. The summed E-state index contributed by atoms with van der Waals surface area (Å²) in [5.41, 5.74) is 3.11. The van der Waals surface area contributed by atoms with Crippen LogP contribution in [0.15, 0.2) is 23.7 Å². The Morgan fingerprint density at radius 1 is 1.33 bits per heavy atom. The van der Waals surface area contributed by atoms with Gasteiger partial charge in [0.25, 0.3) is 5.91 Å². The maximum Gasteiger partial charge on any atom is 0.274 e. The van der Waals surface area contributed by atoms with Crippen LogP contribution >= 0.6 is 11.3 Å². The van der Waals surface area contributed by atoms with Crippen LogP contribution in [0.4, 0.5) is 0 Å². The molecule has 6 nitrogen and oxygen atoms in total. The molecule has 0 aliphatic carbocycles. The number of amides is 1. The standard InChI is InChI=1S/C17H19N5OS/c1-11-8-12(2)22-15(19-11)9-14(20-22)17(23)21-6-3-4-13(10-21)16-18-5-7-24-16/h5,7-9,13H,3-4,6,10H2,1-2H3. The summed E-state index contributed by atoms with van der Waals surface area (Å²) in [5.74, 6) is 0.320. The number of likely N-dealkylation sites (tertiary alicyclic amines) is 1. The van der Waals surface area contributed by atoms with Gasteiger partial charge in [0.15, 0.2) is 11.3 Å². The largest absolute Gasteiger partial charge is 0.337 e. The summed E-state index contributed by atoms with van der Waals surface area (Å²) < 4.78 is 1.74. The van der Waals surface area contributed by atoms with Crippen molar-refractivity contribution in [3.8, 4) is 0 Å². The lowest BCUT2D eigenvalue weighted by Crippen LogP contribution is -2.39. The second-order valence-corrected chi connectivity index (χ2v) is 7.23. The van der Waals surface area contributed by atoms with Gasteiger partial charge >= 0.3 is 0 Å². The monoisotopic (exact) mass is 341 g/mol. The normalized spacial score (nSPS) is 18.2. The highest BCUT2D eigenvalue weighted by molar-refractivity contribution is 7.09. The average Bonchev–Trinajstić information content (AvgIpc) is 3.24. The van der Waals surface area contributed by atoms with Crippen LogP contribution in [0.3, 0.4) is 0 Å². The fourth-order valence-electron chi connectivity index (χ4n) is 3.35. The number of hydrogen-bond acceptors (Lipinski definition) is 5. The molecule has 0 bridgehead atoms. The van der Waals surface area contributed by atoms with Crippen LogP contribution < -0.4 is 0 Å². The number of fused-ring (bicyclic) bond motifs is 1. The Hall–Kier alpha value is -2.28. The average molecular weight is 341 g/mol. The van der Waals surface area contributed by atoms with Gasteiger partial charge in [0.1, 0.15) is 0 Å². The third-order valence-corrected chi connectivity index (χ3v) is 5.40. The van der Waals surface area contributed by atoms with E-state index in [1.807, 2.05) is 36.4 Å². The molecule has 0 radical (unpaired) electrons. The third kappa shape index (κ3) is 2.69. The summed E-state index contributed by atoms with van der Waals surface area (Å²) in [6.45, 7) is 5.42. The van der Waals surface area contributed by atoms with Crippen LogP contribution in [0.2, 0.25) is 0 Å². The van der Waals surface area contributed by atoms with Gasteiger partial charge in [-0.1, -0.05) is 0 Å². The number of rotatable bonds is 2. The number of thiazole rings is 1. The topological polar surface area (TPSA) is 63.4 Å². The molecule has 24 heavy (non-hydrogen) atoms. The van der Waals surface area contributed by atoms with E-state index in [-0.39, 0.29) is 5.91 Å². The highest BCUT2D eigenvalue weighted by Crippen LogP contribution is 2.28. The number of carbonyl (C=O) groups excluding carboxylic acids is 1. The van der Waals surface area contributed by atoms with Gasteiger partial charge in [0.05, 0.1) is 5.01 Å². The van der Waals surface area contributed by atoms with E-state index in [4.69, 9.17) is 0 Å². The second kappa shape index (κ2) is 5.98. The van der Waals surface area contributed by atoms with E-state index >= 15 is 0 Å². The second-order valence-electron chi connectivity index (χ2n) is 6.30. The van der Waals surface area contributed by atoms with Crippen molar-refractivity contribution in [2.24, 2.45) is 0 Å². The fraction of sp³-hybridized carbons (Fsp3) is 0.412. The third-order valence-electron chi connectivity index (χ3n) is 4.46. The Bertz CT molecular complexity index is 886. The van der Waals surface area contributed by atoms with Crippen molar-refractivity contribution < 1.29 is 4.79 Å². The Morgan fingerprint density at radius 2 is 2.21 bits per heavy atom. The van der Waals surface area contributed by atoms with Crippen LogP contribution in [0, 0.1) is 13.8 Å². The molecule has 1 atom stereocenters. The number of piperidine rings is 1. The molecule has 1 saturated heterocycles. The van der Waals surface area contributed by atoms with Gasteiger partial charge in [-0.05, 0) is 32.8 Å². The number of aryl methyl sites for hydroxylation is 2. The molecular weight excluding hydrogens is 322 g/mol. The van der Waals surface area contributed by atoms with E-state index in [1.165, 1.54) is 0 Å². The van der Waals surface area contributed by atoms with Crippen LogP contribution in [-0.2, 0) is 0 Å². The smallest absolute Gasteiger partial charge is 0.274 e. The van der Waals surface area contributed by atoms with Gasteiger partial charge in [-0.2, -0.15) is 5.10 Å². The first kappa shape index (κ1) is 15.3. The highest BCUT2D eigenvalue weighted by Gasteiger charge is 2.28. The predicted octanol–water partition coefficient (Wildman–Crippen LogP) is 2.82. The molecule has 1 fully saturated rings. The van der Waals surface area contributed by atoms with E-state index in [0.717, 1.165) is 41.4 Å². The Labute approximate surface area is 144 Å². The minimum atomic E-state index is -0.0150. The number of nitrogens with zero attached hydrogens (tertiary/aromatic N) is 5. The number of aromatic nitrogens is 4. The summed E-state index contributed by atoms with van der Waals surface area (Å²) >= 11 is 1.67. The van der Waals surface area contributed by atoms with Crippen molar-refractivity contribution in [2.45, 2.75) is 32.6 Å². The molecule has 4 rings (SSSR count). The molecule has 7 heteroatoms. The van der Waals surface area contributed by atoms with E-state index in [9.17, 15) is 4.79 Å². The summed E-state index contributed by atoms with van der Waals surface area (Å²) in [6.07, 6.45) is 3.92. The van der Waals surface area contributed by atoms with Gasteiger partial charge in [-0.25, -0.2) is 14.5 Å². The summed E-state index contributed by atoms with van der Waals surface area (Å²) in [5, 5.41) is 7.58. The molecule has 124 valence electrons. The lowest BCUT2D eigenvalue weighted by atomic mass is 9.98. The first-order chi connectivity index (χ1) is 11.6. The van der Waals surface area contributed by atoms with Crippen molar-refractivity contribution in [3.63, 3.8) is 0 Å². The zero-order chi connectivity index (χ0) is 16.7. The summed E-state index contributed by atoms with van der Waals surface area (Å²) in [6, 6.07) is 3.75. The zero-order valence-corrected chi connectivity index (χ0v) is 14.6. The van der Waals surface area contributed by atoms with Crippen molar-refractivity contribution in [1.29, 1.82) is 0 Å². The van der Waals surface area contributed by atoms with Crippen molar-refractivity contribution >= 4 is 22.9 Å². The van der Waals surface area contributed by atoms with Crippen LogP contribution in [-0.4, -0.2) is 43.5 Å². The van der Waals surface area contributed by atoms with E-state index in [1.54, 1.807) is 21.9 Å². The Balaban J connectivity index is 1.60. The van der Waals surface area contributed by atoms with Gasteiger partial charge in [-0.3, -0.25) is 4.79 Å². The molecule has 1 aliphatic rings. The number of hydrogen-bond donors (Lipinski definition) is 0. The lowest BCUT2D eigenvalue weighted by Gasteiger charge is -2.31. The molecule has 3 aromatic heterocycles. The molecule has 1 unspecified atom stereocenters. The predicted molar refractivity (Wildman–Crippen MR) is 92.5 cm³/mol. The van der Waals surface area contributed by atoms with Gasteiger partial charge in [0, 0.05) is 48.0 Å². The van der Waals surface area contributed by atoms with E-state index in [0.29, 0.717) is 18.2 Å². The van der Waals surface area contributed by atoms with E-state index < -0.39 is 0 Å². The maximum atomic E-state index is 12.9. The molecular formula is C17H19N5OS. The van der Waals surface area contributed by atoms with Crippen LogP contribution in [0.5, 0.6) is 0 Å². The van der Waals surface area contributed by atoms with Crippen LogP contribution in [0.25, 0.3) is 5.65 Å².